The van der Waals surface area contributed by atoms with Gasteiger partial charge in [-0.2, -0.15) is 0 Å². The van der Waals surface area contributed by atoms with Gasteiger partial charge in [-0.15, -0.1) is 0 Å². The van der Waals surface area contributed by atoms with Crippen molar-refractivity contribution in [3.8, 4) is 0 Å². The van der Waals surface area contributed by atoms with Crippen LogP contribution in [0.4, 0.5) is 0 Å². The molecule has 0 fully saturated rings. The van der Waals surface area contributed by atoms with E-state index in [-0.39, 0.29) is 29.1 Å². The fourth-order valence-electron chi connectivity index (χ4n) is 3.60. The lowest BCUT2D eigenvalue weighted by Crippen LogP contribution is -2.27. The molecule has 30 heavy (non-hydrogen) atoms. The Balaban J connectivity index is 1.93. The number of ketones is 1. The molecule has 0 aromatic heterocycles. The van der Waals surface area contributed by atoms with E-state index >= 15 is 0 Å². The van der Waals surface area contributed by atoms with Gasteiger partial charge in [-0.3, -0.25) is 4.79 Å². The Morgan fingerprint density at radius 2 is 2.00 bits per heavy atom. The molecule has 156 valence electrons. The summed E-state index contributed by atoms with van der Waals surface area (Å²) in [6, 6.07) is 0. The van der Waals surface area contributed by atoms with Gasteiger partial charge in [0, 0.05) is 48.1 Å². The zero-order valence-electron chi connectivity index (χ0n) is 17.2. The van der Waals surface area contributed by atoms with Crippen LogP contribution in [0, 0.1) is 0 Å². The smallest absolute Gasteiger partial charge is 0.331 e. The van der Waals surface area contributed by atoms with Crippen LogP contribution >= 0.6 is 0 Å². The molecule has 0 spiro atoms. The molecule has 3 aliphatic rings. The summed E-state index contributed by atoms with van der Waals surface area (Å²) in [5, 5.41) is 26.5. The number of carbonyl (C=O) groups is 2. The Kier molecular flexibility index (Phi) is 6.26. The molecule has 0 aromatic carbocycles. The zero-order valence-corrected chi connectivity index (χ0v) is 17.2. The lowest BCUT2D eigenvalue weighted by Gasteiger charge is -2.25. The van der Waals surface area contributed by atoms with Gasteiger partial charge in [-0.25, -0.2) is 4.79 Å². The van der Waals surface area contributed by atoms with Gasteiger partial charge in [-0.1, -0.05) is 37.8 Å². The van der Waals surface area contributed by atoms with Crippen LogP contribution in [0.5, 0.6) is 0 Å². The Hall–Kier alpha value is -3.54. The lowest BCUT2D eigenvalue weighted by molar-refractivity contribution is -0.132. The standard InChI is InChI=1S/C24H26N2O4/c1-4-15-10-18(25-3)13-20-19(11-15)23(28)22(14(2)26-20)21(27)12-16-6-5-7-17(9-8-16)24(29)30/h5-6,8-11,25-26,28H,2,4,7,12-13H2,1,3H3,(H,29,30). The van der Waals surface area contributed by atoms with Crippen molar-refractivity contribution in [1.82, 2.24) is 10.6 Å². The van der Waals surface area contributed by atoms with Crippen LogP contribution in [0.2, 0.25) is 0 Å². The monoisotopic (exact) mass is 406 g/mol. The average molecular weight is 406 g/mol. The van der Waals surface area contributed by atoms with Crippen molar-refractivity contribution in [2.75, 3.05) is 7.05 Å². The molecule has 0 bridgehead atoms. The molecule has 3 rings (SSSR count). The van der Waals surface area contributed by atoms with Gasteiger partial charge < -0.3 is 20.8 Å². The number of rotatable bonds is 6. The van der Waals surface area contributed by atoms with E-state index in [1.54, 1.807) is 18.2 Å². The number of carboxylic acid groups (broad SMARTS) is 1. The van der Waals surface area contributed by atoms with Crippen LogP contribution in [0.1, 0.15) is 32.6 Å². The fourth-order valence-corrected chi connectivity index (χ4v) is 3.60. The molecule has 6 heteroatoms. The van der Waals surface area contributed by atoms with Gasteiger partial charge >= 0.3 is 5.97 Å². The van der Waals surface area contributed by atoms with E-state index in [4.69, 9.17) is 5.11 Å². The molecule has 0 aromatic rings. The molecule has 1 heterocycles. The number of allylic oxidation sites excluding steroid dienone is 9. The number of dihydropyridines is 1. The third-order valence-electron chi connectivity index (χ3n) is 5.29. The molecule has 0 radical (unpaired) electrons. The van der Waals surface area contributed by atoms with E-state index < -0.39 is 5.97 Å². The molecule has 0 saturated heterocycles. The summed E-state index contributed by atoms with van der Waals surface area (Å²) in [5.74, 6) is -1.33. The van der Waals surface area contributed by atoms with Gasteiger partial charge in [0.05, 0.1) is 5.57 Å². The number of hydrogen-bond acceptors (Lipinski definition) is 5. The minimum Gasteiger partial charge on any atom is -0.506 e. The summed E-state index contributed by atoms with van der Waals surface area (Å²) >= 11 is 0. The molecule has 0 atom stereocenters. The number of aliphatic carboxylic acids is 1. The van der Waals surface area contributed by atoms with Crippen LogP contribution in [0.25, 0.3) is 0 Å². The van der Waals surface area contributed by atoms with Crippen molar-refractivity contribution < 1.29 is 19.8 Å². The molecule has 0 saturated carbocycles. The number of carbonyl (C=O) groups excluding carboxylic acids is 1. The first-order valence-corrected chi connectivity index (χ1v) is 9.88. The van der Waals surface area contributed by atoms with E-state index in [9.17, 15) is 14.7 Å². The maximum absolute atomic E-state index is 13.0. The van der Waals surface area contributed by atoms with Crippen molar-refractivity contribution in [1.29, 1.82) is 0 Å². The normalized spacial score (nSPS) is 18.9. The molecule has 1 aliphatic heterocycles. The Labute approximate surface area is 176 Å². The number of aliphatic hydroxyl groups excluding tert-OH is 1. The van der Waals surface area contributed by atoms with Gasteiger partial charge in [0.1, 0.15) is 5.76 Å². The Morgan fingerprint density at radius 1 is 1.23 bits per heavy atom. The summed E-state index contributed by atoms with van der Waals surface area (Å²) in [6.45, 7) is 5.99. The number of Topliss-reactive ketones (excluding diaryl/α,β-unsaturated/α-hetero) is 1. The third kappa shape index (κ3) is 4.38. The van der Waals surface area contributed by atoms with Gasteiger partial charge in [0.2, 0.25) is 0 Å². The minimum atomic E-state index is -0.977. The van der Waals surface area contributed by atoms with E-state index in [1.807, 2.05) is 26.1 Å². The number of nitrogens with one attached hydrogen (secondary N) is 2. The van der Waals surface area contributed by atoms with Crippen LogP contribution in [0.15, 0.2) is 93.8 Å². The van der Waals surface area contributed by atoms with Gasteiger partial charge in [-0.05, 0) is 36.1 Å². The first-order chi connectivity index (χ1) is 14.3. The predicted octanol–water partition coefficient (Wildman–Crippen LogP) is 3.87. The summed E-state index contributed by atoms with van der Waals surface area (Å²) < 4.78 is 0. The van der Waals surface area contributed by atoms with Crippen LogP contribution in [0.3, 0.4) is 0 Å². The van der Waals surface area contributed by atoms with Gasteiger partial charge in [0.25, 0.3) is 0 Å². The highest BCUT2D eigenvalue weighted by Crippen LogP contribution is 2.34. The number of carboxylic acids is 1. The first-order valence-electron chi connectivity index (χ1n) is 9.88. The molecular formula is C24H26N2O4. The summed E-state index contributed by atoms with van der Waals surface area (Å²) in [5.41, 5.74) is 4.90. The zero-order chi connectivity index (χ0) is 21.8. The maximum Gasteiger partial charge on any atom is 0.331 e. The summed E-state index contributed by atoms with van der Waals surface area (Å²) in [7, 11) is 1.85. The van der Waals surface area contributed by atoms with Crippen LogP contribution in [-0.2, 0) is 9.59 Å². The van der Waals surface area contributed by atoms with E-state index in [0.717, 1.165) is 23.4 Å². The first kappa shape index (κ1) is 21.2. The Morgan fingerprint density at radius 3 is 2.67 bits per heavy atom. The highest BCUT2D eigenvalue weighted by Gasteiger charge is 2.29. The largest absolute Gasteiger partial charge is 0.506 e. The van der Waals surface area contributed by atoms with Crippen LogP contribution < -0.4 is 10.6 Å². The summed E-state index contributed by atoms with van der Waals surface area (Å²) in [6.07, 6.45) is 12.2. The molecule has 6 nitrogen and oxygen atoms in total. The number of hydrogen-bond donors (Lipinski definition) is 4. The average Bonchev–Trinajstić information content (AvgIpc) is 3.04. The highest BCUT2D eigenvalue weighted by molar-refractivity contribution is 6.02. The van der Waals surface area contributed by atoms with Gasteiger partial charge in [0.15, 0.2) is 5.78 Å². The molecule has 0 amide bonds. The third-order valence-corrected chi connectivity index (χ3v) is 5.29. The topological polar surface area (TPSA) is 98.7 Å². The quantitative estimate of drug-likeness (QED) is 0.535. The number of aliphatic hydroxyl groups is 1. The SMILES string of the molecule is C=C1NC2=C(C=C(CC)C=C(NC)C2)C(O)=C1C(=O)CC1=CC=C(C(=O)O)CC=C1. The molecule has 4 N–H and O–H groups in total. The van der Waals surface area contributed by atoms with E-state index in [2.05, 4.69) is 17.2 Å². The highest BCUT2D eigenvalue weighted by atomic mass is 16.4. The van der Waals surface area contributed by atoms with Crippen molar-refractivity contribution in [3.05, 3.63) is 93.8 Å². The van der Waals surface area contributed by atoms with Crippen molar-refractivity contribution in [2.24, 2.45) is 0 Å². The maximum atomic E-state index is 13.0. The van der Waals surface area contributed by atoms with E-state index in [0.29, 0.717) is 29.7 Å². The minimum absolute atomic E-state index is 0.0347. The molecule has 0 unspecified atom stereocenters. The van der Waals surface area contributed by atoms with Crippen LogP contribution in [-0.4, -0.2) is 29.0 Å². The second-order valence-electron chi connectivity index (χ2n) is 7.33. The van der Waals surface area contributed by atoms with Crippen molar-refractivity contribution in [3.63, 3.8) is 0 Å². The lowest BCUT2D eigenvalue weighted by atomic mass is 9.92. The van der Waals surface area contributed by atoms with Crippen molar-refractivity contribution in [2.45, 2.75) is 32.6 Å². The second-order valence-corrected chi connectivity index (χ2v) is 7.33. The fraction of sp³-hybridized carbons (Fsp3) is 0.250. The van der Waals surface area contributed by atoms with E-state index in [1.165, 1.54) is 6.08 Å². The Bertz CT molecular complexity index is 1030. The van der Waals surface area contributed by atoms with Crippen molar-refractivity contribution >= 4 is 11.8 Å². The summed E-state index contributed by atoms with van der Waals surface area (Å²) in [4.78, 5) is 24.2. The molecule has 2 aliphatic carbocycles. The molecular weight excluding hydrogens is 380 g/mol. The second kappa shape index (κ2) is 8.86. The predicted molar refractivity (Wildman–Crippen MR) is 116 cm³/mol.